The van der Waals surface area contributed by atoms with Gasteiger partial charge < -0.3 is 4.98 Å². The van der Waals surface area contributed by atoms with Crippen molar-refractivity contribution in [3.05, 3.63) is 102 Å². The van der Waals surface area contributed by atoms with Crippen LogP contribution < -0.4 is 5.56 Å². The summed E-state index contributed by atoms with van der Waals surface area (Å²) >= 11 is 9.30. The van der Waals surface area contributed by atoms with Crippen molar-refractivity contribution < 1.29 is 13.0 Å². The summed E-state index contributed by atoms with van der Waals surface area (Å²) in [5.74, 6) is 0. The summed E-state index contributed by atoms with van der Waals surface area (Å²) in [7, 11) is -4.38. The van der Waals surface area contributed by atoms with E-state index >= 15 is 0 Å². The summed E-state index contributed by atoms with van der Waals surface area (Å²) in [4.78, 5) is 22.4. The Morgan fingerprint density at radius 2 is 1.89 bits per heavy atom. The molecule has 0 fully saturated rings. The Labute approximate surface area is 227 Å². The van der Waals surface area contributed by atoms with Gasteiger partial charge in [-0.15, -0.1) is 22.7 Å². The molecular formula is C27H23ClN2O4S3. The van der Waals surface area contributed by atoms with Crippen molar-refractivity contribution in [2.45, 2.75) is 37.3 Å². The molecule has 0 saturated heterocycles. The molecule has 0 aliphatic heterocycles. The fourth-order valence-electron chi connectivity index (χ4n) is 4.52. The van der Waals surface area contributed by atoms with Crippen molar-refractivity contribution in [2.75, 3.05) is 0 Å². The summed E-state index contributed by atoms with van der Waals surface area (Å²) in [6, 6.07) is 14.7. The van der Waals surface area contributed by atoms with Gasteiger partial charge in [0.15, 0.2) is 4.21 Å². The van der Waals surface area contributed by atoms with Crippen LogP contribution in [0, 0.1) is 6.92 Å². The normalized spacial score (nSPS) is 11.9. The number of fused-ring (bicyclic) bond motifs is 1. The van der Waals surface area contributed by atoms with E-state index < -0.39 is 10.1 Å². The Kier molecular flexibility index (Phi) is 7.08. The van der Waals surface area contributed by atoms with Crippen LogP contribution in [0.4, 0.5) is 0 Å². The van der Waals surface area contributed by atoms with Crippen LogP contribution in [-0.2, 0) is 29.4 Å². The van der Waals surface area contributed by atoms with Crippen LogP contribution in [-0.4, -0.2) is 22.9 Å². The highest BCUT2D eigenvalue weighted by atomic mass is 35.5. The van der Waals surface area contributed by atoms with Gasteiger partial charge in [0, 0.05) is 49.5 Å². The molecule has 190 valence electrons. The smallest absolute Gasteiger partial charge is 0.304 e. The van der Waals surface area contributed by atoms with Crippen molar-refractivity contribution in [3.63, 3.8) is 0 Å². The number of aryl methyl sites for hydroxylation is 2. The van der Waals surface area contributed by atoms with Crippen LogP contribution in [0.5, 0.6) is 0 Å². The third-order valence-electron chi connectivity index (χ3n) is 6.09. The number of halogens is 1. The third kappa shape index (κ3) is 5.42. The minimum atomic E-state index is -4.38. The van der Waals surface area contributed by atoms with Gasteiger partial charge >= 0.3 is 10.1 Å². The van der Waals surface area contributed by atoms with Gasteiger partial charge in [0.05, 0.1) is 11.2 Å². The van der Waals surface area contributed by atoms with Crippen molar-refractivity contribution >= 4 is 55.3 Å². The molecule has 5 aromatic rings. The number of rotatable bonds is 7. The Morgan fingerprint density at radius 3 is 2.57 bits per heavy atom. The van der Waals surface area contributed by atoms with Crippen LogP contribution in [0.1, 0.15) is 39.2 Å². The molecule has 0 spiro atoms. The first-order chi connectivity index (χ1) is 17.6. The monoisotopic (exact) mass is 570 g/mol. The highest BCUT2D eigenvalue weighted by Gasteiger charge is 2.22. The summed E-state index contributed by atoms with van der Waals surface area (Å²) in [6.45, 7) is 3.81. The number of hydrogen-bond acceptors (Lipinski definition) is 6. The predicted molar refractivity (Wildman–Crippen MR) is 151 cm³/mol. The van der Waals surface area contributed by atoms with Gasteiger partial charge in [0.2, 0.25) is 5.56 Å². The summed E-state index contributed by atoms with van der Waals surface area (Å²) in [6.07, 6.45) is 1.86. The lowest BCUT2D eigenvalue weighted by molar-refractivity contribution is 0.486. The van der Waals surface area contributed by atoms with Gasteiger partial charge in [0.1, 0.15) is 0 Å². The largest absolute Gasteiger partial charge is 0.322 e. The first-order valence-corrected chi connectivity index (χ1v) is 15.1. The molecule has 0 saturated carbocycles. The molecule has 0 radical (unpaired) electrons. The van der Waals surface area contributed by atoms with Crippen molar-refractivity contribution in [2.24, 2.45) is 0 Å². The van der Waals surface area contributed by atoms with Crippen LogP contribution >= 0.6 is 34.3 Å². The van der Waals surface area contributed by atoms with Gasteiger partial charge in [-0.2, -0.15) is 8.42 Å². The lowest BCUT2D eigenvalue weighted by atomic mass is 9.97. The first-order valence-electron chi connectivity index (χ1n) is 11.6. The van der Waals surface area contributed by atoms with Crippen molar-refractivity contribution in [1.29, 1.82) is 0 Å². The standard InChI is InChI=1S/C27H23ClN2O4S3/c1-3-18-13-23-26(24(29-18)14-19-5-4-8-35-19)17(12-25(31)30-23)10-16-6-7-20(22(28)11-16)21-9-15(2)36-27(21)37(32,33)34/h4-9,11-13H,3,10,14H2,1-2H3,(H,30,31)(H,32,33,34). The average Bonchev–Trinajstić information content (AvgIpc) is 3.48. The number of benzene rings is 1. The Balaban J connectivity index is 1.59. The van der Waals surface area contributed by atoms with E-state index in [0.29, 0.717) is 29.0 Å². The quantitative estimate of drug-likeness (QED) is 0.213. The van der Waals surface area contributed by atoms with Gasteiger partial charge in [0.25, 0.3) is 0 Å². The number of aromatic nitrogens is 2. The second-order valence-electron chi connectivity index (χ2n) is 8.78. The average molecular weight is 571 g/mol. The SMILES string of the molecule is CCc1cc2[nH]c(=O)cc(Cc3ccc(-c4cc(C)sc4S(=O)(=O)O)c(Cl)c3)c2c(Cc2cccs2)n1. The Hall–Kier alpha value is -2.82. The van der Waals surface area contributed by atoms with E-state index in [0.717, 1.165) is 56.1 Å². The van der Waals surface area contributed by atoms with Gasteiger partial charge in [-0.1, -0.05) is 36.7 Å². The number of H-pyrrole nitrogens is 1. The molecule has 10 heteroatoms. The predicted octanol–water partition coefficient (Wildman–Crippen LogP) is 6.67. The van der Waals surface area contributed by atoms with Gasteiger partial charge in [-0.25, -0.2) is 0 Å². The lowest BCUT2D eigenvalue weighted by Gasteiger charge is -2.13. The molecule has 37 heavy (non-hydrogen) atoms. The Bertz CT molecular complexity index is 1790. The molecule has 4 heterocycles. The second kappa shape index (κ2) is 10.2. The molecule has 1 aromatic carbocycles. The molecule has 4 aromatic heterocycles. The zero-order chi connectivity index (χ0) is 26.3. The van der Waals surface area contributed by atoms with Gasteiger partial charge in [-0.3, -0.25) is 14.3 Å². The first kappa shape index (κ1) is 25.8. The second-order valence-corrected chi connectivity index (χ2v) is 13.1. The van der Waals surface area contributed by atoms with E-state index in [9.17, 15) is 17.8 Å². The maximum atomic E-state index is 12.6. The molecule has 0 bridgehead atoms. The number of aromatic amines is 1. The van der Waals surface area contributed by atoms with E-state index in [-0.39, 0.29) is 9.77 Å². The maximum absolute atomic E-state index is 12.6. The van der Waals surface area contributed by atoms with E-state index in [2.05, 4.69) is 11.1 Å². The van der Waals surface area contributed by atoms with Crippen LogP contribution in [0.25, 0.3) is 22.0 Å². The van der Waals surface area contributed by atoms with E-state index in [1.807, 2.05) is 30.5 Å². The highest BCUT2D eigenvalue weighted by Crippen LogP contribution is 2.39. The summed E-state index contributed by atoms with van der Waals surface area (Å²) in [5, 5.41) is 3.32. The molecule has 0 aliphatic rings. The minimum Gasteiger partial charge on any atom is -0.322 e. The lowest BCUT2D eigenvalue weighted by Crippen LogP contribution is -2.10. The Morgan fingerprint density at radius 1 is 1.08 bits per heavy atom. The molecule has 2 N–H and O–H groups in total. The molecule has 0 amide bonds. The zero-order valence-corrected chi connectivity index (χ0v) is 23.2. The van der Waals surface area contributed by atoms with Crippen molar-refractivity contribution in [1.82, 2.24) is 9.97 Å². The fraction of sp³-hybridized carbons (Fsp3) is 0.185. The number of hydrogen-bond donors (Lipinski definition) is 2. The number of thiophene rings is 2. The van der Waals surface area contributed by atoms with E-state index in [1.165, 1.54) is 4.88 Å². The highest BCUT2D eigenvalue weighted by molar-refractivity contribution is 7.88. The van der Waals surface area contributed by atoms with Crippen molar-refractivity contribution in [3.8, 4) is 11.1 Å². The van der Waals surface area contributed by atoms with Crippen LogP contribution in [0.2, 0.25) is 5.02 Å². The van der Waals surface area contributed by atoms with E-state index in [4.69, 9.17) is 16.6 Å². The molecule has 0 aliphatic carbocycles. The third-order valence-corrected chi connectivity index (χ3v) is 9.69. The number of nitrogens with one attached hydrogen (secondary N) is 1. The maximum Gasteiger partial charge on any atom is 0.304 e. The molecule has 5 rings (SSSR count). The molecule has 0 atom stereocenters. The molecule has 6 nitrogen and oxygen atoms in total. The fourth-order valence-corrected chi connectivity index (χ4v) is 7.54. The minimum absolute atomic E-state index is 0.128. The molecule has 0 unspecified atom stereocenters. The summed E-state index contributed by atoms with van der Waals surface area (Å²) < 4.78 is 33.3. The van der Waals surface area contributed by atoms with Gasteiger partial charge in [-0.05, 0) is 60.5 Å². The van der Waals surface area contributed by atoms with Crippen LogP contribution in [0.15, 0.2) is 62.9 Å². The topological polar surface area (TPSA) is 100 Å². The number of nitrogens with zero attached hydrogens (tertiary/aromatic N) is 1. The molecular weight excluding hydrogens is 548 g/mol. The van der Waals surface area contributed by atoms with Crippen LogP contribution in [0.3, 0.4) is 0 Å². The number of pyridine rings is 2. The van der Waals surface area contributed by atoms with E-state index in [1.54, 1.807) is 42.5 Å². The summed E-state index contributed by atoms with van der Waals surface area (Å²) in [5.41, 5.74) is 5.00. The zero-order valence-electron chi connectivity index (χ0n) is 20.0.